The van der Waals surface area contributed by atoms with Gasteiger partial charge in [0.1, 0.15) is 0 Å². The first-order valence-electron chi connectivity index (χ1n) is 11.9. The number of rotatable bonds is 12. The van der Waals surface area contributed by atoms with Crippen molar-refractivity contribution in [1.29, 1.82) is 0 Å². The predicted molar refractivity (Wildman–Crippen MR) is 150 cm³/mol. The SMILES string of the molecule is COc1cc(C=NNC(=O)CCCCCNC(=O)c2ccccc2Br)ccc1OC(=O)c1ccccc1Cl. The molecule has 0 bridgehead atoms. The molecule has 0 radical (unpaired) electrons. The second-order valence-electron chi connectivity index (χ2n) is 8.12. The number of nitrogens with zero attached hydrogens (tertiary/aromatic N) is 1. The number of unbranched alkanes of at least 4 members (excludes halogenated alkanes) is 2. The summed E-state index contributed by atoms with van der Waals surface area (Å²) in [6.07, 6.45) is 4.01. The van der Waals surface area contributed by atoms with Gasteiger partial charge in [0.15, 0.2) is 11.5 Å². The van der Waals surface area contributed by atoms with Crippen LogP contribution >= 0.6 is 27.5 Å². The van der Waals surface area contributed by atoms with Gasteiger partial charge in [-0.05, 0) is 76.8 Å². The van der Waals surface area contributed by atoms with Crippen molar-refractivity contribution in [1.82, 2.24) is 10.7 Å². The summed E-state index contributed by atoms with van der Waals surface area (Å²) in [6, 6.07) is 18.7. The van der Waals surface area contributed by atoms with E-state index < -0.39 is 5.97 Å². The van der Waals surface area contributed by atoms with Crippen LogP contribution < -0.4 is 20.2 Å². The molecule has 2 N–H and O–H groups in total. The Bertz CT molecular complexity index is 1320. The number of hydrazone groups is 1. The van der Waals surface area contributed by atoms with E-state index in [4.69, 9.17) is 21.1 Å². The van der Waals surface area contributed by atoms with Gasteiger partial charge in [-0.25, -0.2) is 10.2 Å². The average molecular weight is 601 g/mol. The highest BCUT2D eigenvalue weighted by Gasteiger charge is 2.15. The first-order chi connectivity index (χ1) is 18.4. The zero-order valence-electron chi connectivity index (χ0n) is 20.7. The molecule has 198 valence electrons. The standard InChI is InChI=1S/C28H27BrClN3O5/c1-37-25-17-19(14-15-24(25)38-28(36)21-10-5-7-12-23(21)30)18-32-33-26(34)13-3-2-8-16-31-27(35)20-9-4-6-11-22(20)29/h4-7,9-12,14-15,17-18H,2-3,8,13,16H2,1H3,(H,31,35)(H,33,34). The molecular formula is C28H27BrClN3O5. The second kappa shape index (κ2) is 14.9. The van der Waals surface area contributed by atoms with Crippen LogP contribution in [0, 0.1) is 0 Å². The van der Waals surface area contributed by atoms with Crippen molar-refractivity contribution in [2.24, 2.45) is 5.10 Å². The van der Waals surface area contributed by atoms with E-state index in [-0.39, 0.29) is 23.1 Å². The van der Waals surface area contributed by atoms with Crippen LogP contribution in [-0.2, 0) is 4.79 Å². The minimum atomic E-state index is -0.603. The molecule has 0 heterocycles. The topological polar surface area (TPSA) is 106 Å². The number of benzene rings is 3. The molecular weight excluding hydrogens is 574 g/mol. The summed E-state index contributed by atoms with van der Waals surface area (Å²) < 4.78 is 11.5. The molecule has 8 nitrogen and oxygen atoms in total. The third-order valence-corrected chi connectivity index (χ3v) is 6.39. The zero-order chi connectivity index (χ0) is 27.3. The van der Waals surface area contributed by atoms with Crippen molar-refractivity contribution in [2.75, 3.05) is 13.7 Å². The first-order valence-corrected chi connectivity index (χ1v) is 13.1. The van der Waals surface area contributed by atoms with E-state index in [9.17, 15) is 14.4 Å². The Labute approximate surface area is 234 Å². The molecule has 0 saturated heterocycles. The van der Waals surface area contributed by atoms with Gasteiger partial charge in [-0.15, -0.1) is 0 Å². The molecule has 0 saturated carbocycles. The van der Waals surface area contributed by atoms with Gasteiger partial charge in [-0.3, -0.25) is 9.59 Å². The van der Waals surface area contributed by atoms with E-state index >= 15 is 0 Å². The number of ether oxygens (including phenoxy) is 2. The number of nitrogens with one attached hydrogen (secondary N) is 2. The number of amides is 2. The molecule has 0 aliphatic heterocycles. The average Bonchev–Trinajstić information content (AvgIpc) is 2.91. The van der Waals surface area contributed by atoms with Crippen LogP contribution in [0.5, 0.6) is 11.5 Å². The third kappa shape index (κ3) is 8.71. The quantitative estimate of drug-likeness (QED) is 0.0903. The fourth-order valence-electron chi connectivity index (χ4n) is 3.39. The summed E-state index contributed by atoms with van der Waals surface area (Å²) in [7, 11) is 1.46. The number of hydrogen-bond acceptors (Lipinski definition) is 6. The van der Waals surface area contributed by atoms with Crippen molar-refractivity contribution >= 4 is 51.5 Å². The van der Waals surface area contributed by atoms with Crippen LogP contribution in [0.2, 0.25) is 5.02 Å². The van der Waals surface area contributed by atoms with Crippen LogP contribution in [0.4, 0.5) is 0 Å². The Morgan fingerprint density at radius 3 is 2.42 bits per heavy atom. The lowest BCUT2D eigenvalue weighted by atomic mass is 10.2. The molecule has 3 aromatic rings. The van der Waals surface area contributed by atoms with Crippen molar-refractivity contribution in [3.8, 4) is 11.5 Å². The maximum atomic E-state index is 12.4. The summed E-state index contributed by atoms with van der Waals surface area (Å²) in [5, 5.41) is 7.15. The van der Waals surface area contributed by atoms with E-state index in [1.165, 1.54) is 13.3 Å². The summed E-state index contributed by atoms with van der Waals surface area (Å²) >= 11 is 9.42. The molecule has 0 aliphatic carbocycles. The van der Waals surface area contributed by atoms with Crippen molar-refractivity contribution in [3.63, 3.8) is 0 Å². The number of hydrogen-bond donors (Lipinski definition) is 2. The number of carbonyl (C=O) groups is 3. The Balaban J connectivity index is 1.38. The maximum Gasteiger partial charge on any atom is 0.345 e. The van der Waals surface area contributed by atoms with Gasteiger partial charge in [0.2, 0.25) is 5.91 Å². The van der Waals surface area contributed by atoms with Crippen LogP contribution in [-0.4, -0.2) is 37.7 Å². The second-order valence-corrected chi connectivity index (χ2v) is 9.38. The van der Waals surface area contributed by atoms with Crippen molar-refractivity contribution in [2.45, 2.75) is 25.7 Å². The first kappa shape index (κ1) is 28.9. The Morgan fingerprint density at radius 1 is 0.947 bits per heavy atom. The molecule has 38 heavy (non-hydrogen) atoms. The summed E-state index contributed by atoms with van der Waals surface area (Å²) in [5.74, 6) is -0.392. The van der Waals surface area contributed by atoms with E-state index in [2.05, 4.69) is 31.8 Å². The number of esters is 1. The summed E-state index contributed by atoms with van der Waals surface area (Å²) in [6.45, 7) is 0.533. The van der Waals surface area contributed by atoms with Crippen LogP contribution in [0.3, 0.4) is 0 Å². The van der Waals surface area contributed by atoms with E-state index in [0.29, 0.717) is 41.3 Å². The molecule has 3 rings (SSSR count). The largest absolute Gasteiger partial charge is 0.493 e. The molecule has 0 unspecified atom stereocenters. The van der Waals surface area contributed by atoms with Gasteiger partial charge in [0.25, 0.3) is 5.91 Å². The van der Waals surface area contributed by atoms with Gasteiger partial charge >= 0.3 is 5.97 Å². The Hall–Kier alpha value is -3.69. The minimum absolute atomic E-state index is 0.132. The molecule has 3 aromatic carbocycles. The molecule has 0 spiro atoms. The molecule has 0 atom stereocenters. The maximum absolute atomic E-state index is 12.4. The zero-order valence-corrected chi connectivity index (χ0v) is 23.1. The van der Waals surface area contributed by atoms with Crippen molar-refractivity contribution < 1.29 is 23.9 Å². The minimum Gasteiger partial charge on any atom is -0.493 e. The normalized spacial score (nSPS) is 10.7. The van der Waals surface area contributed by atoms with E-state index in [1.54, 1.807) is 48.5 Å². The number of methoxy groups -OCH3 is 1. The number of carbonyl (C=O) groups excluding carboxylic acids is 3. The summed E-state index contributed by atoms with van der Waals surface area (Å²) in [4.78, 5) is 36.7. The highest BCUT2D eigenvalue weighted by atomic mass is 79.9. The van der Waals surface area contributed by atoms with Crippen LogP contribution in [0.25, 0.3) is 0 Å². The molecule has 10 heteroatoms. The summed E-state index contributed by atoms with van der Waals surface area (Å²) in [5.41, 5.74) is 3.97. The van der Waals surface area contributed by atoms with Crippen molar-refractivity contribution in [3.05, 3.63) is 92.9 Å². The van der Waals surface area contributed by atoms with E-state index in [1.807, 2.05) is 18.2 Å². The van der Waals surface area contributed by atoms with E-state index in [0.717, 1.165) is 17.3 Å². The van der Waals surface area contributed by atoms with Gasteiger partial charge in [0.05, 0.1) is 29.5 Å². The smallest absolute Gasteiger partial charge is 0.345 e. The van der Waals surface area contributed by atoms with Crippen LogP contribution in [0.15, 0.2) is 76.3 Å². The van der Waals surface area contributed by atoms with Crippen LogP contribution in [0.1, 0.15) is 52.0 Å². The Kier molecular flexibility index (Phi) is 11.3. The molecule has 0 aromatic heterocycles. The highest BCUT2D eigenvalue weighted by molar-refractivity contribution is 9.10. The fraction of sp³-hybridized carbons (Fsp3) is 0.214. The van der Waals surface area contributed by atoms with Gasteiger partial charge < -0.3 is 14.8 Å². The number of halogens is 2. The van der Waals surface area contributed by atoms with Gasteiger partial charge in [0, 0.05) is 17.4 Å². The fourth-order valence-corrected chi connectivity index (χ4v) is 4.07. The third-order valence-electron chi connectivity index (χ3n) is 5.37. The lowest BCUT2D eigenvalue weighted by Crippen LogP contribution is -2.24. The Morgan fingerprint density at radius 2 is 1.68 bits per heavy atom. The molecule has 0 aliphatic rings. The highest BCUT2D eigenvalue weighted by Crippen LogP contribution is 2.29. The van der Waals surface area contributed by atoms with Gasteiger partial charge in [-0.1, -0.05) is 42.3 Å². The molecule has 0 fully saturated rings. The van der Waals surface area contributed by atoms with Gasteiger partial charge in [-0.2, -0.15) is 5.10 Å². The molecule has 2 amide bonds. The predicted octanol–water partition coefficient (Wildman–Crippen LogP) is 5.77. The monoisotopic (exact) mass is 599 g/mol. The lowest BCUT2D eigenvalue weighted by Gasteiger charge is -2.10. The lowest BCUT2D eigenvalue weighted by molar-refractivity contribution is -0.121.